The van der Waals surface area contributed by atoms with E-state index in [1.54, 1.807) is 36.4 Å². The molecule has 0 saturated carbocycles. The Morgan fingerprint density at radius 2 is 2.00 bits per heavy atom. The summed E-state index contributed by atoms with van der Waals surface area (Å²) < 4.78 is 20.0. The fraction of sp³-hybridized carbons (Fsp3) is 0.235. The Balaban J connectivity index is 2.18. The third-order valence-electron chi connectivity index (χ3n) is 2.89. The van der Waals surface area contributed by atoms with Gasteiger partial charge in [-0.1, -0.05) is 28.1 Å². The Morgan fingerprint density at radius 3 is 2.71 bits per heavy atom. The first-order valence-electron chi connectivity index (χ1n) is 6.69. The van der Waals surface area contributed by atoms with Crippen LogP contribution in [0.5, 0.6) is 5.75 Å². The van der Waals surface area contributed by atoms with Gasteiger partial charge in [-0.25, -0.2) is 4.39 Å². The minimum absolute atomic E-state index is 0.0242. The molecule has 0 aliphatic heterocycles. The van der Waals surface area contributed by atoms with Crippen molar-refractivity contribution in [3.05, 3.63) is 63.9 Å². The summed E-state index contributed by atoms with van der Waals surface area (Å²) in [6.07, 6.45) is 0.0639. The zero-order valence-electron chi connectivity index (χ0n) is 11.9. The van der Waals surface area contributed by atoms with Crippen LogP contribution in [-0.4, -0.2) is 11.9 Å². The van der Waals surface area contributed by atoms with Crippen LogP contribution in [0.1, 0.15) is 29.8 Å². The van der Waals surface area contributed by atoms with Gasteiger partial charge < -0.3 is 4.74 Å². The Hall–Kier alpha value is -1.68. The maximum absolute atomic E-state index is 13.7. The van der Waals surface area contributed by atoms with Crippen molar-refractivity contribution in [2.75, 3.05) is 0 Å². The van der Waals surface area contributed by atoms with Gasteiger partial charge in [0, 0.05) is 16.5 Å². The molecule has 110 valence electrons. The summed E-state index contributed by atoms with van der Waals surface area (Å²) >= 11 is 3.28. The highest BCUT2D eigenvalue weighted by atomic mass is 79.9. The van der Waals surface area contributed by atoms with Crippen molar-refractivity contribution in [1.29, 1.82) is 0 Å². The minimum Gasteiger partial charge on any atom is -0.491 e. The fourth-order valence-electron chi connectivity index (χ4n) is 1.97. The van der Waals surface area contributed by atoms with E-state index in [9.17, 15) is 9.18 Å². The van der Waals surface area contributed by atoms with Crippen LogP contribution in [0.15, 0.2) is 46.9 Å². The molecule has 0 spiro atoms. The van der Waals surface area contributed by atoms with Crippen LogP contribution in [0.4, 0.5) is 4.39 Å². The fourth-order valence-corrected chi connectivity index (χ4v) is 2.38. The van der Waals surface area contributed by atoms with Crippen molar-refractivity contribution < 1.29 is 13.9 Å². The molecule has 0 heterocycles. The van der Waals surface area contributed by atoms with Gasteiger partial charge in [0.25, 0.3) is 0 Å². The Kier molecular flexibility index (Phi) is 5.12. The van der Waals surface area contributed by atoms with E-state index in [0.29, 0.717) is 16.9 Å². The molecular formula is C17H16BrFO2. The highest BCUT2D eigenvalue weighted by molar-refractivity contribution is 9.10. The zero-order chi connectivity index (χ0) is 15.4. The van der Waals surface area contributed by atoms with Crippen LogP contribution >= 0.6 is 15.9 Å². The normalized spacial score (nSPS) is 10.7. The Bertz CT molecular complexity index is 653. The minimum atomic E-state index is -0.374. The molecule has 2 rings (SSSR count). The predicted octanol–water partition coefficient (Wildman–Crippen LogP) is 4.80. The van der Waals surface area contributed by atoms with Gasteiger partial charge in [0.2, 0.25) is 0 Å². The lowest BCUT2D eigenvalue weighted by molar-refractivity contribution is 0.0991. The van der Waals surface area contributed by atoms with Gasteiger partial charge in [0.15, 0.2) is 5.78 Å². The van der Waals surface area contributed by atoms with Gasteiger partial charge >= 0.3 is 0 Å². The molecule has 0 fully saturated rings. The standard InChI is InChI=1S/C17H16BrFO2/c1-11(2)21-15-5-3-4-12(9-15)17(20)10-13-8-14(18)6-7-16(13)19/h3-9,11H,10H2,1-2H3. The number of benzene rings is 2. The lowest BCUT2D eigenvalue weighted by atomic mass is 10.0. The number of ether oxygens (including phenoxy) is 1. The van der Waals surface area contributed by atoms with Gasteiger partial charge in [-0.15, -0.1) is 0 Å². The van der Waals surface area contributed by atoms with Gasteiger partial charge in [-0.3, -0.25) is 4.79 Å². The molecule has 0 amide bonds. The summed E-state index contributed by atoms with van der Waals surface area (Å²) in [5, 5.41) is 0. The first kappa shape index (κ1) is 15.7. The molecule has 2 aromatic carbocycles. The highest BCUT2D eigenvalue weighted by Gasteiger charge is 2.12. The van der Waals surface area contributed by atoms with Crippen molar-refractivity contribution in [2.24, 2.45) is 0 Å². The highest BCUT2D eigenvalue weighted by Crippen LogP contribution is 2.20. The molecule has 0 N–H and O–H groups in total. The first-order valence-corrected chi connectivity index (χ1v) is 7.49. The Labute approximate surface area is 132 Å². The lowest BCUT2D eigenvalue weighted by Crippen LogP contribution is -2.08. The number of hydrogen-bond donors (Lipinski definition) is 0. The van der Waals surface area contributed by atoms with Crippen LogP contribution in [0.25, 0.3) is 0 Å². The summed E-state index contributed by atoms with van der Waals surface area (Å²) in [6, 6.07) is 11.6. The SMILES string of the molecule is CC(C)Oc1cccc(C(=O)Cc2cc(Br)ccc2F)c1. The van der Waals surface area contributed by atoms with Crippen LogP contribution in [0.3, 0.4) is 0 Å². The van der Waals surface area contributed by atoms with Crippen LogP contribution in [0, 0.1) is 5.82 Å². The van der Waals surface area contributed by atoms with E-state index in [1.165, 1.54) is 6.07 Å². The molecule has 4 heteroatoms. The molecule has 0 aliphatic rings. The number of ketones is 1. The maximum Gasteiger partial charge on any atom is 0.167 e. The number of carbonyl (C=O) groups is 1. The average molecular weight is 351 g/mol. The second kappa shape index (κ2) is 6.85. The molecule has 0 unspecified atom stereocenters. The van der Waals surface area contributed by atoms with Crippen molar-refractivity contribution in [3.8, 4) is 5.75 Å². The maximum atomic E-state index is 13.7. The van der Waals surface area contributed by atoms with Crippen LogP contribution < -0.4 is 4.74 Å². The summed E-state index contributed by atoms with van der Waals surface area (Å²) in [5.74, 6) is 0.132. The number of halogens is 2. The molecule has 0 saturated heterocycles. The molecule has 2 nitrogen and oxygen atoms in total. The first-order chi connectivity index (χ1) is 9.95. The van der Waals surface area contributed by atoms with E-state index in [4.69, 9.17) is 4.74 Å². The van der Waals surface area contributed by atoms with E-state index >= 15 is 0 Å². The molecule has 0 atom stereocenters. The molecule has 0 aliphatic carbocycles. The summed E-state index contributed by atoms with van der Waals surface area (Å²) in [6.45, 7) is 3.84. The van der Waals surface area contributed by atoms with E-state index < -0.39 is 0 Å². The van der Waals surface area contributed by atoms with Crippen LogP contribution in [0.2, 0.25) is 0 Å². The molecular weight excluding hydrogens is 335 g/mol. The van der Waals surface area contributed by atoms with E-state index in [-0.39, 0.29) is 24.1 Å². The predicted molar refractivity (Wildman–Crippen MR) is 84.3 cm³/mol. The second-order valence-corrected chi connectivity index (χ2v) is 5.95. The third kappa shape index (κ3) is 4.39. The summed E-state index contributed by atoms with van der Waals surface area (Å²) in [5.41, 5.74) is 0.900. The monoisotopic (exact) mass is 350 g/mol. The van der Waals surface area contributed by atoms with Crippen molar-refractivity contribution in [2.45, 2.75) is 26.4 Å². The molecule has 2 aromatic rings. The topological polar surface area (TPSA) is 26.3 Å². The molecule has 0 radical (unpaired) electrons. The number of hydrogen-bond acceptors (Lipinski definition) is 2. The van der Waals surface area contributed by atoms with E-state index in [2.05, 4.69) is 15.9 Å². The molecule has 0 bridgehead atoms. The summed E-state index contributed by atoms with van der Waals surface area (Å²) in [7, 11) is 0. The van der Waals surface area contributed by atoms with Gasteiger partial charge in [-0.05, 0) is 49.7 Å². The van der Waals surface area contributed by atoms with Gasteiger partial charge in [0.1, 0.15) is 11.6 Å². The average Bonchev–Trinajstić information content (AvgIpc) is 2.42. The van der Waals surface area contributed by atoms with Gasteiger partial charge in [-0.2, -0.15) is 0 Å². The number of rotatable bonds is 5. The van der Waals surface area contributed by atoms with Crippen LogP contribution in [-0.2, 0) is 6.42 Å². The smallest absolute Gasteiger partial charge is 0.167 e. The summed E-state index contributed by atoms with van der Waals surface area (Å²) in [4.78, 5) is 12.3. The van der Waals surface area contributed by atoms with Crippen molar-refractivity contribution >= 4 is 21.7 Å². The molecule has 21 heavy (non-hydrogen) atoms. The number of carbonyl (C=O) groups excluding carboxylic acids is 1. The van der Waals surface area contributed by atoms with Crippen molar-refractivity contribution in [3.63, 3.8) is 0 Å². The molecule has 0 aromatic heterocycles. The lowest BCUT2D eigenvalue weighted by Gasteiger charge is -2.10. The Morgan fingerprint density at radius 1 is 1.24 bits per heavy atom. The van der Waals surface area contributed by atoms with Crippen molar-refractivity contribution in [1.82, 2.24) is 0 Å². The number of Topliss-reactive ketones (excluding diaryl/α,β-unsaturated/α-hetero) is 1. The van der Waals surface area contributed by atoms with E-state index in [1.807, 2.05) is 13.8 Å². The zero-order valence-corrected chi connectivity index (χ0v) is 13.5. The quantitative estimate of drug-likeness (QED) is 0.724. The largest absolute Gasteiger partial charge is 0.491 e. The third-order valence-corrected chi connectivity index (χ3v) is 3.38. The van der Waals surface area contributed by atoms with E-state index in [0.717, 1.165) is 4.47 Å². The second-order valence-electron chi connectivity index (χ2n) is 5.03. The van der Waals surface area contributed by atoms with Gasteiger partial charge in [0.05, 0.1) is 6.10 Å².